The molecule has 2 heterocycles. The Morgan fingerprint density at radius 2 is 1.96 bits per heavy atom. The SMILES string of the molecule is COc1ccc(CN2C(=O)C(=CC3=Cc4ccccc4OC3C)SC2=S)cc1. The van der Waals surface area contributed by atoms with Crippen molar-refractivity contribution < 1.29 is 14.3 Å². The molecule has 142 valence electrons. The maximum absolute atomic E-state index is 12.9. The number of hydrogen-bond donors (Lipinski definition) is 0. The van der Waals surface area contributed by atoms with Crippen LogP contribution in [-0.4, -0.2) is 28.3 Å². The molecule has 4 nitrogen and oxygen atoms in total. The Morgan fingerprint density at radius 1 is 1.21 bits per heavy atom. The Bertz CT molecular complexity index is 995. The lowest BCUT2D eigenvalue weighted by molar-refractivity contribution is -0.122. The van der Waals surface area contributed by atoms with Gasteiger partial charge in [0.15, 0.2) is 0 Å². The molecular formula is C22H19NO3S2. The summed E-state index contributed by atoms with van der Waals surface area (Å²) >= 11 is 6.79. The number of carbonyl (C=O) groups excluding carboxylic acids is 1. The van der Waals surface area contributed by atoms with E-state index in [1.165, 1.54) is 11.8 Å². The number of ether oxygens (including phenoxy) is 2. The number of thioether (sulfide) groups is 1. The first-order valence-corrected chi connectivity index (χ1v) is 10.1. The van der Waals surface area contributed by atoms with Gasteiger partial charge < -0.3 is 9.47 Å². The minimum Gasteiger partial charge on any atom is -0.497 e. The molecule has 28 heavy (non-hydrogen) atoms. The first-order chi connectivity index (χ1) is 13.5. The summed E-state index contributed by atoms with van der Waals surface area (Å²) in [4.78, 5) is 15.2. The van der Waals surface area contributed by atoms with Crippen LogP contribution in [0.1, 0.15) is 18.1 Å². The zero-order valence-electron chi connectivity index (χ0n) is 15.5. The summed E-state index contributed by atoms with van der Waals surface area (Å²) in [6.45, 7) is 2.43. The number of hydrogen-bond acceptors (Lipinski definition) is 5. The molecule has 0 spiro atoms. The molecule has 1 unspecified atom stereocenters. The highest BCUT2D eigenvalue weighted by Gasteiger charge is 2.33. The number of thiocarbonyl (C=S) groups is 1. The molecule has 1 atom stereocenters. The average molecular weight is 410 g/mol. The molecule has 2 aliphatic heterocycles. The summed E-state index contributed by atoms with van der Waals surface area (Å²) in [6.07, 6.45) is 3.84. The van der Waals surface area contributed by atoms with E-state index >= 15 is 0 Å². The fraction of sp³-hybridized carbons (Fsp3) is 0.182. The maximum Gasteiger partial charge on any atom is 0.266 e. The predicted octanol–water partition coefficient (Wildman–Crippen LogP) is 4.80. The van der Waals surface area contributed by atoms with Crippen molar-refractivity contribution in [3.8, 4) is 11.5 Å². The van der Waals surface area contributed by atoms with Crippen LogP contribution in [0.2, 0.25) is 0 Å². The number of methoxy groups -OCH3 is 1. The van der Waals surface area contributed by atoms with Gasteiger partial charge in [0, 0.05) is 5.56 Å². The normalized spacial score (nSPS) is 20.1. The summed E-state index contributed by atoms with van der Waals surface area (Å²) in [5.41, 5.74) is 2.98. The second-order valence-corrected chi connectivity index (χ2v) is 8.23. The van der Waals surface area contributed by atoms with Crippen LogP contribution in [0.15, 0.2) is 65.1 Å². The minimum absolute atomic E-state index is 0.0715. The van der Waals surface area contributed by atoms with Gasteiger partial charge in [-0.3, -0.25) is 9.69 Å². The Labute approximate surface area is 173 Å². The number of amides is 1. The van der Waals surface area contributed by atoms with Gasteiger partial charge in [-0.1, -0.05) is 54.3 Å². The fourth-order valence-electron chi connectivity index (χ4n) is 3.12. The third-order valence-electron chi connectivity index (χ3n) is 4.69. The Balaban J connectivity index is 1.55. The number of nitrogens with zero attached hydrogens (tertiary/aromatic N) is 1. The largest absolute Gasteiger partial charge is 0.497 e. The molecule has 0 aliphatic carbocycles. The van der Waals surface area contributed by atoms with Gasteiger partial charge in [0.05, 0.1) is 18.6 Å². The first kappa shape index (κ1) is 18.8. The molecule has 1 amide bonds. The monoisotopic (exact) mass is 409 g/mol. The van der Waals surface area contributed by atoms with Gasteiger partial charge in [-0.05, 0) is 48.4 Å². The molecule has 0 bridgehead atoms. The zero-order chi connectivity index (χ0) is 19.7. The molecule has 4 rings (SSSR count). The average Bonchev–Trinajstić information content (AvgIpc) is 2.96. The minimum atomic E-state index is -0.125. The van der Waals surface area contributed by atoms with E-state index in [9.17, 15) is 4.79 Å². The molecule has 2 aromatic carbocycles. The van der Waals surface area contributed by atoms with E-state index in [4.69, 9.17) is 21.7 Å². The van der Waals surface area contributed by atoms with Gasteiger partial charge in [-0.15, -0.1) is 0 Å². The van der Waals surface area contributed by atoms with Crippen molar-refractivity contribution in [2.24, 2.45) is 0 Å². The summed E-state index contributed by atoms with van der Waals surface area (Å²) in [5.74, 6) is 1.57. The van der Waals surface area contributed by atoms with Crippen LogP contribution >= 0.6 is 24.0 Å². The van der Waals surface area contributed by atoms with Crippen molar-refractivity contribution >= 4 is 40.3 Å². The molecule has 0 saturated carbocycles. The van der Waals surface area contributed by atoms with Crippen LogP contribution in [0.25, 0.3) is 6.08 Å². The fourth-order valence-corrected chi connectivity index (χ4v) is 4.38. The quantitative estimate of drug-likeness (QED) is 0.536. The smallest absolute Gasteiger partial charge is 0.266 e. The number of fused-ring (bicyclic) bond motifs is 1. The lowest BCUT2D eigenvalue weighted by Crippen LogP contribution is -2.27. The van der Waals surface area contributed by atoms with Crippen molar-refractivity contribution in [1.82, 2.24) is 4.90 Å². The number of benzene rings is 2. The van der Waals surface area contributed by atoms with Crippen LogP contribution < -0.4 is 9.47 Å². The van der Waals surface area contributed by atoms with Gasteiger partial charge in [-0.2, -0.15) is 0 Å². The molecule has 0 N–H and O–H groups in total. The van der Waals surface area contributed by atoms with Crippen molar-refractivity contribution in [3.63, 3.8) is 0 Å². The van der Waals surface area contributed by atoms with Crippen LogP contribution in [-0.2, 0) is 11.3 Å². The highest BCUT2D eigenvalue weighted by Crippen LogP contribution is 2.36. The number of para-hydroxylation sites is 1. The van der Waals surface area contributed by atoms with Crippen LogP contribution in [0.3, 0.4) is 0 Å². The summed E-state index contributed by atoms with van der Waals surface area (Å²) in [7, 11) is 1.63. The lowest BCUT2D eigenvalue weighted by Gasteiger charge is -2.23. The second-order valence-electron chi connectivity index (χ2n) is 6.56. The number of carbonyl (C=O) groups is 1. The maximum atomic E-state index is 12.9. The van der Waals surface area contributed by atoms with Crippen LogP contribution in [0, 0.1) is 0 Å². The molecule has 1 saturated heterocycles. The van der Waals surface area contributed by atoms with E-state index < -0.39 is 0 Å². The highest BCUT2D eigenvalue weighted by atomic mass is 32.2. The van der Waals surface area contributed by atoms with Gasteiger partial charge in [0.25, 0.3) is 5.91 Å². The summed E-state index contributed by atoms with van der Waals surface area (Å²) in [5, 5.41) is 0. The molecular weight excluding hydrogens is 390 g/mol. The molecule has 1 fully saturated rings. The second kappa shape index (κ2) is 7.81. The van der Waals surface area contributed by atoms with Crippen molar-refractivity contribution in [1.29, 1.82) is 0 Å². The van der Waals surface area contributed by atoms with E-state index in [-0.39, 0.29) is 12.0 Å². The molecule has 2 aliphatic rings. The Morgan fingerprint density at radius 3 is 2.71 bits per heavy atom. The van der Waals surface area contributed by atoms with E-state index in [0.29, 0.717) is 15.8 Å². The van der Waals surface area contributed by atoms with Crippen LogP contribution in [0.5, 0.6) is 11.5 Å². The van der Waals surface area contributed by atoms with E-state index in [1.54, 1.807) is 12.0 Å². The van der Waals surface area contributed by atoms with Gasteiger partial charge in [0.1, 0.15) is 21.9 Å². The number of rotatable bonds is 4. The summed E-state index contributed by atoms with van der Waals surface area (Å²) in [6, 6.07) is 15.5. The zero-order valence-corrected chi connectivity index (χ0v) is 17.2. The molecule has 0 radical (unpaired) electrons. The van der Waals surface area contributed by atoms with Crippen molar-refractivity contribution in [2.75, 3.05) is 7.11 Å². The third-order valence-corrected chi connectivity index (χ3v) is 6.06. The summed E-state index contributed by atoms with van der Waals surface area (Å²) < 4.78 is 11.7. The Hall–Kier alpha value is -2.57. The van der Waals surface area contributed by atoms with Gasteiger partial charge in [0.2, 0.25) is 0 Å². The topological polar surface area (TPSA) is 38.8 Å². The lowest BCUT2D eigenvalue weighted by atomic mass is 10.0. The molecule has 6 heteroatoms. The van der Waals surface area contributed by atoms with E-state index in [1.807, 2.05) is 61.5 Å². The van der Waals surface area contributed by atoms with E-state index in [2.05, 4.69) is 6.08 Å². The van der Waals surface area contributed by atoms with Gasteiger partial charge in [-0.25, -0.2) is 0 Å². The standard InChI is InChI=1S/C22H19NO3S2/c1-14-17(11-16-5-3-4-6-19(16)26-14)12-20-21(24)23(22(27)28-20)13-15-7-9-18(25-2)10-8-15/h3-12,14H,13H2,1-2H3. The van der Waals surface area contributed by atoms with Gasteiger partial charge >= 0.3 is 0 Å². The Kier molecular flexibility index (Phi) is 5.24. The predicted molar refractivity (Wildman–Crippen MR) is 116 cm³/mol. The van der Waals surface area contributed by atoms with Crippen LogP contribution in [0.4, 0.5) is 0 Å². The molecule has 0 aromatic heterocycles. The van der Waals surface area contributed by atoms with Crippen molar-refractivity contribution in [2.45, 2.75) is 19.6 Å². The van der Waals surface area contributed by atoms with Crippen molar-refractivity contribution in [3.05, 3.63) is 76.2 Å². The highest BCUT2D eigenvalue weighted by molar-refractivity contribution is 8.26. The van der Waals surface area contributed by atoms with E-state index in [0.717, 1.165) is 28.2 Å². The first-order valence-electron chi connectivity index (χ1n) is 8.91. The third kappa shape index (κ3) is 3.70. The molecule has 2 aromatic rings.